The number of rotatable bonds is 6. The summed E-state index contributed by atoms with van der Waals surface area (Å²) in [6.45, 7) is 1.74. The molecule has 1 amide bonds. The van der Waals surface area contributed by atoms with Crippen molar-refractivity contribution in [2.24, 2.45) is 0 Å². The van der Waals surface area contributed by atoms with E-state index < -0.39 is 0 Å². The van der Waals surface area contributed by atoms with Gasteiger partial charge >= 0.3 is 0 Å². The van der Waals surface area contributed by atoms with E-state index in [-0.39, 0.29) is 12.0 Å². The summed E-state index contributed by atoms with van der Waals surface area (Å²) in [6, 6.07) is 7.31. The first-order chi connectivity index (χ1) is 13.1. The van der Waals surface area contributed by atoms with Crippen molar-refractivity contribution in [3.8, 4) is 11.5 Å². The number of thioether (sulfide) groups is 1. The van der Waals surface area contributed by atoms with Crippen LogP contribution in [0, 0.1) is 0 Å². The number of ether oxygens (including phenoxy) is 3. The van der Waals surface area contributed by atoms with Crippen molar-refractivity contribution in [3.63, 3.8) is 0 Å². The first kappa shape index (κ1) is 19.8. The van der Waals surface area contributed by atoms with Gasteiger partial charge in [-0.15, -0.1) is 11.8 Å². The van der Waals surface area contributed by atoms with Crippen molar-refractivity contribution in [1.82, 2.24) is 9.88 Å². The maximum absolute atomic E-state index is 13.0. The highest BCUT2D eigenvalue weighted by Gasteiger charge is 2.27. The molecule has 144 valence electrons. The van der Waals surface area contributed by atoms with Crippen molar-refractivity contribution in [3.05, 3.63) is 47.2 Å². The SMILES string of the molecule is COc1cc(SC)ccc1C(=O)N1CCOC(COc2cncc(Cl)c2)C1. The van der Waals surface area contributed by atoms with Crippen LogP contribution in [0.1, 0.15) is 10.4 Å². The average molecular weight is 409 g/mol. The largest absolute Gasteiger partial charge is 0.496 e. The summed E-state index contributed by atoms with van der Waals surface area (Å²) in [4.78, 5) is 19.8. The van der Waals surface area contributed by atoms with Gasteiger partial charge in [-0.05, 0) is 24.5 Å². The molecule has 2 aromatic rings. The van der Waals surface area contributed by atoms with Gasteiger partial charge in [-0.1, -0.05) is 11.6 Å². The van der Waals surface area contributed by atoms with Crippen LogP contribution >= 0.6 is 23.4 Å². The zero-order chi connectivity index (χ0) is 19.2. The number of hydrogen-bond acceptors (Lipinski definition) is 6. The molecule has 1 aromatic carbocycles. The Balaban J connectivity index is 1.64. The Morgan fingerprint density at radius 2 is 2.26 bits per heavy atom. The topological polar surface area (TPSA) is 60.9 Å². The van der Waals surface area contributed by atoms with Gasteiger partial charge in [0.05, 0.1) is 37.0 Å². The molecule has 1 aliphatic rings. The summed E-state index contributed by atoms with van der Waals surface area (Å²) in [5.74, 6) is 1.08. The van der Waals surface area contributed by atoms with E-state index in [0.29, 0.717) is 48.4 Å². The fraction of sp³-hybridized carbons (Fsp3) is 0.368. The Kier molecular flexibility index (Phi) is 6.82. The Morgan fingerprint density at radius 1 is 1.41 bits per heavy atom. The zero-order valence-corrected chi connectivity index (χ0v) is 16.8. The molecule has 1 saturated heterocycles. The second kappa shape index (κ2) is 9.30. The fourth-order valence-electron chi connectivity index (χ4n) is 2.81. The molecule has 1 aromatic heterocycles. The van der Waals surface area contributed by atoms with Crippen LogP contribution in [0.25, 0.3) is 0 Å². The van der Waals surface area contributed by atoms with Gasteiger partial charge in [-0.3, -0.25) is 9.78 Å². The minimum atomic E-state index is -0.224. The fourth-order valence-corrected chi connectivity index (χ4v) is 3.40. The number of hydrogen-bond donors (Lipinski definition) is 0. The minimum absolute atomic E-state index is 0.0720. The monoisotopic (exact) mass is 408 g/mol. The van der Waals surface area contributed by atoms with Crippen LogP contribution < -0.4 is 9.47 Å². The molecule has 8 heteroatoms. The number of morpholine rings is 1. The first-order valence-corrected chi connectivity index (χ1v) is 10.1. The van der Waals surface area contributed by atoms with Gasteiger partial charge in [-0.25, -0.2) is 0 Å². The maximum Gasteiger partial charge on any atom is 0.257 e. The number of carbonyl (C=O) groups is 1. The summed E-state index contributed by atoms with van der Waals surface area (Å²) < 4.78 is 16.8. The summed E-state index contributed by atoms with van der Waals surface area (Å²) in [5.41, 5.74) is 0.552. The highest BCUT2D eigenvalue weighted by molar-refractivity contribution is 7.98. The number of aromatic nitrogens is 1. The summed E-state index contributed by atoms with van der Waals surface area (Å²) in [5, 5.41) is 0.509. The highest BCUT2D eigenvalue weighted by Crippen LogP contribution is 2.27. The van der Waals surface area contributed by atoms with Crippen LogP contribution in [0.15, 0.2) is 41.6 Å². The predicted molar refractivity (Wildman–Crippen MR) is 105 cm³/mol. The van der Waals surface area contributed by atoms with Crippen molar-refractivity contribution in [2.45, 2.75) is 11.0 Å². The number of amides is 1. The maximum atomic E-state index is 13.0. The van der Waals surface area contributed by atoms with Crippen molar-refractivity contribution in [2.75, 3.05) is 39.7 Å². The van der Waals surface area contributed by atoms with E-state index >= 15 is 0 Å². The van der Waals surface area contributed by atoms with Crippen LogP contribution in [0.2, 0.25) is 5.02 Å². The molecule has 0 radical (unpaired) electrons. The lowest BCUT2D eigenvalue weighted by atomic mass is 10.1. The van der Waals surface area contributed by atoms with Gasteiger partial charge < -0.3 is 19.1 Å². The van der Waals surface area contributed by atoms with Gasteiger partial charge in [0.25, 0.3) is 5.91 Å². The molecule has 0 aliphatic carbocycles. The Morgan fingerprint density at radius 3 is 3.00 bits per heavy atom. The second-order valence-electron chi connectivity index (χ2n) is 5.96. The van der Waals surface area contributed by atoms with Gasteiger partial charge in [0.2, 0.25) is 0 Å². The van der Waals surface area contributed by atoms with E-state index in [1.54, 1.807) is 42.2 Å². The Labute approximate surface area is 167 Å². The number of halogens is 1. The standard InChI is InChI=1S/C19H21ClN2O4S/c1-24-18-8-16(27-2)3-4-17(18)19(23)22-5-6-25-15(11-22)12-26-14-7-13(20)9-21-10-14/h3-4,7-10,15H,5-6,11-12H2,1-2H3. The summed E-state index contributed by atoms with van der Waals surface area (Å²) >= 11 is 7.51. The summed E-state index contributed by atoms with van der Waals surface area (Å²) in [7, 11) is 1.57. The molecule has 1 fully saturated rings. The van der Waals surface area contributed by atoms with Crippen molar-refractivity contribution >= 4 is 29.3 Å². The van der Waals surface area contributed by atoms with Gasteiger partial charge in [-0.2, -0.15) is 0 Å². The number of benzene rings is 1. The lowest BCUT2D eigenvalue weighted by Gasteiger charge is -2.33. The molecule has 0 saturated carbocycles. The lowest BCUT2D eigenvalue weighted by Crippen LogP contribution is -2.47. The number of carbonyl (C=O) groups excluding carboxylic acids is 1. The third-order valence-corrected chi connectivity index (χ3v) is 5.11. The lowest BCUT2D eigenvalue weighted by molar-refractivity contribution is -0.0402. The molecule has 6 nitrogen and oxygen atoms in total. The molecule has 1 aliphatic heterocycles. The van der Waals surface area contributed by atoms with E-state index in [1.807, 2.05) is 24.5 Å². The van der Waals surface area contributed by atoms with Crippen LogP contribution in [0.4, 0.5) is 0 Å². The van der Waals surface area contributed by atoms with Crippen molar-refractivity contribution in [1.29, 1.82) is 0 Å². The van der Waals surface area contributed by atoms with Crippen LogP contribution in [0.5, 0.6) is 11.5 Å². The highest BCUT2D eigenvalue weighted by atomic mass is 35.5. The molecule has 0 bridgehead atoms. The number of methoxy groups -OCH3 is 1. The van der Waals surface area contributed by atoms with Gasteiger partial charge in [0.1, 0.15) is 24.2 Å². The van der Waals surface area contributed by atoms with E-state index in [2.05, 4.69) is 4.98 Å². The zero-order valence-electron chi connectivity index (χ0n) is 15.2. The van der Waals surface area contributed by atoms with Crippen molar-refractivity contribution < 1.29 is 19.0 Å². The van der Waals surface area contributed by atoms with Gasteiger partial charge in [0.15, 0.2) is 0 Å². The third-order valence-electron chi connectivity index (χ3n) is 4.18. The van der Waals surface area contributed by atoms with E-state index in [0.717, 1.165) is 4.90 Å². The van der Waals surface area contributed by atoms with Crippen LogP contribution in [0.3, 0.4) is 0 Å². The third kappa shape index (κ3) is 5.06. The van der Waals surface area contributed by atoms with E-state index in [9.17, 15) is 4.79 Å². The predicted octanol–water partition coefficient (Wildman–Crippen LogP) is 3.39. The van der Waals surface area contributed by atoms with Crippen LogP contribution in [-0.2, 0) is 4.74 Å². The molecule has 2 heterocycles. The first-order valence-electron chi connectivity index (χ1n) is 8.47. The molecule has 27 heavy (non-hydrogen) atoms. The van der Waals surface area contributed by atoms with Crippen LogP contribution in [-0.4, -0.2) is 61.6 Å². The van der Waals surface area contributed by atoms with E-state index in [1.165, 1.54) is 0 Å². The molecule has 0 N–H and O–H groups in total. The number of pyridine rings is 1. The quantitative estimate of drug-likeness (QED) is 0.683. The molecule has 3 rings (SSSR count). The Hall–Kier alpha value is -1.96. The molecule has 1 unspecified atom stereocenters. The smallest absolute Gasteiger partial charge is 0.257 e. The van der Waals surface area contributed by atoms with Gasteiger partial charge in [0, 0.05) is 23.7 Å². The number of nitrogens with zero attached hydrogens (tertiary/aromatic N) is 2. The minimum Gasteiger partial charge on any atom is -0.496 e. The average Bonchev–Trinajstić information content (AvgIpc) is 2.71. The Bertz CT molecular complexity index is 805. The normalized spacial score (nSPS) is 16.9. The second-order valence-corrected chi connectivity index (χ2v) is 7.28. The molecular formula is C19H21ClN2O4S. The summed E-state index contributed by atoms with van der Waals surface area (Å²) in [6.07, 6.45) is 4.90. The van der Waals surface area contributed by atoms with E-state index in [4.69, 9.17) is 25.8 Å². The molecular weight excluding hydrogens is 388 g/mol. The molecule has 1 atom stereocenters. The molecule has 0 spiro atoms.